The number of nitrogens with zero attached hydrogens (tertiary/aromatic N) is 1. The molecule has 0 aliphatic heterocycles. The van der Waals surface area contributed by atoms with E-state index in [1.54, 1.807) is 13.0 Å². The summed E-state index contributed by atoms with van der Waals surface area (Å²) in [6.07, 6.45) is 0. The third-order valence-electron chi connectivity index (χ3n) is 2.80. The Morgan fingerprint density at radius 3 is 2.67 bits per heavy atom. The number of aromatic nitrogens is 2. The quantitative estimate of drug-likeness (QED) is 0.894. The van der Waals surface area contributed by atoms with E-state index in [0.29, 0.717) is 10.0 Å². The summed E-state index contributed by atoms with van der Waals surface area (Å²) >= 11 is 3.13. The van der Waals surface area contributed by atoms with Crippen LogP contribution in [0.15, 0.2) is 16.6 Å². The van der Waals surface area contributed by atoms with Crippen molar-refractivity contribution in [2.45, 2.75) is 13.8 Å². The number of hydrogen-bond donors (Lipinski definition) is 2. The molecule has 4 nitrogen and oxygen atoms in total. The monoisotopic (exact) mass is 312 g/mol. The van der Waals surface area contributed by atoms with Crippen LogP contribution in [0.25, 0.3) is 11.3 Å². The van der Waals surface area contributed by atoms with Crippen LogP contribution in [0.5, 0.6) is 0 Å². The Balaban J connectivity index is 2.66. The van der Waals surface area contributed by atoms with Gasteiger partial charge in [0.25, 0.3) is 0 Å². The third-order valence-corrected chi connectivity index (χ3v) is 3.38. The van der Waals surface area contributed by atoms with Crippen molar-refractivity contribution in [3.8, 4) is 11.3 Å². The van der Waals surface area contributed by atoms with Crippen molar-refractivity contribution in [3.63, 3.8) is 0 Å². The van der Waals surface area contributed by atoms with Crippen LogP contribution >= 0.6 is 15.9 Å². The Bertz CT molecular complexity index is 611. The molecule has 0 aliphatic rings. The van der Waals surface area contributed by atoms with Crippen LogP contribution in [-0.4, -0.2) is 21.3 Å². The number of carboxylic acid groups (broad SMARTS) is 1. The lowest BCUT2D eigenvalue weighted by Gasteiger charge is -2.09. The van der Waals surface area contributed by atoms with Crippen molar-refractivity contribution in [1.82, 2.24) is 10.2 Å². The van der Waals surface area contributed by atoms with E-state index in [4.69, 9.17) is 5.11 Å². The first kappa shape index (κ1) is 12.8. The molecule has 0 spiro atoms. The summed E-state index contributed by atoms with van der Waals surface area (Å²) in [4.78, 5) is 10.8. The van der Waals surface area contributed by atoms with Crippen LogP contribution in [0.1, 0.15) is 21.6 Å². The molecule has 0 radical (unpaired) electrons. The molecule has 0 fully saturated rings. The fourth-order valence-electron chi connectivity index (χ4n) is 1.71. The first-order valence-electron chi connectivity index (χ1n) is 5.16. The molecule has 6 heteroatoms. The molecule has 0 bridgehead atoms. The summed E-state index contributed by atoms with van der Waals surface area (Å²) in [6, 6.07) is 3.00. The molecule has 0 atom stereocenters. The number of aromatic carboxylic acids is 1. The van der Waals surface area contributed by atoms with Crippen molar-refractivity contribution in [2.24, 2.45) is 0 Å². The maximum absolute atomic E-state index is 14.1. The highest BCUT2D eigenvalue weighted by Crippen LogP contribution is 2.32. The van der Waals surface area contributed by atoms with Crippen molar-refractivity contribution in [3.05, 3.63) is 39.2 Å². The van der Waals surface area contributed by atoms with Crippen molar-refractivity contribution < 1.29 is 14.3 Å². The van der Waals surface area contributed by atoms with Gasteiger partial charge in [-0.25, -0.2) is 9.18 Å². The van der Waals surface area contributed by atoms with Gasteiger partial charge < -0.3 is 5.11 Å². The van der Waals surface area contributed by atoms with Gasteiger partial charge in [-0.1, -0.05) is 0 Å². The van der Waals surface area contributed by atoms with Gasteiger partial charge in [-0.05, 0) is 53.0 Å². The van der Waals surface area contributed by atoms with E-state index >= 15 is 0 Å². The largest absolute Gasteiger partial charge is 0.477 e. The zero-order chi connectivity index (χ0) is 13.4. The zero-order valence-corrected chi connectivity index (χ0v) is 11.3. The molecule has 18 heavy (non-hydrogen) atoms. The average Bonchev–Trinajstić information content (AvgIpc) is 2.76. The Morgan fingerprint density at radius 2 is 2.11 bits per heavy atom. The molecule has 2 rings (SSSR count). The summed E-state index contributed by atoms with van der Waals surface area (Å²) in [5.41, 5.74) is 2.16. The minimum Gasteiger partial charge on any atom is -0.477 e. The summed E-state index contributed by atoms with van der Waals surface area (Å²) in [5, 5.41) is 15.0. The number of carboxylic acids is 1. The highest BCUT2D eigenvalue weighted by molar-refractivity contribution is 9.10. The second-order valence-electron chi connectivity index (χ2n) is 3.96. The number of hydrogen-bond acceptors (Lipinski definition) is 2. The number of aromatic amines is 1. The molecule has 0 aliphatic carbocycles. The Morgan fingerprint density at radius 1 is 1.44 bits per heavy atom. The second-order valence-corrected chi connectivity index (χ2v) is 4.82. The number of nitrogens with one attached hydrogen (secondary N) is 1. The SMILES string of the molecule is Cc1cc(Br)c(F)c(-c2cc(C(=O)O)[nH]n2)c1C. The van der Waals surface area contributed by atoms with Gasteiger partial charge in [0, 0.05) is 5.56 Å². The van der Waals surface area contributed by atoms with E-state index in [1.165, 1.54) is 6.07 Å². The lowest BCUT2D eigenvalue weighted by atomic mass is 10.00. The second kappa shape index (κ2) is 4.53. The number of carbonyl (C=O) groups is 1. The van der Waals surface area contributed by atoms with Crippen LogP contribution in [-0.2, 0) is 0 Å². The smallest absolute Gasteiger partial charge is 0.353 e. The summed E-state index contributed by atoms with van der Waals surface area (Å²) in [7, 11) is 0. The van der Waals surface area contributed by atoms with E-state index in [-0.39, 0.29) is 11.4 Å². The van der Waals surface area contributed by atoms with E-state index in [0.717, 1.165) is 11.1 Å². The Hall–Kier alpha value is -1.69. The average molecular weight is 313 g/mol. The molecule has 94 valence electrons. The first-order valence-corrected chi connectivity index (χ1v) is 5.95. The molecule has 1 heterocycles. The summed E-state index contributed by atoms with van der Waals surface area (Å²) < 4.78 is 14.4. The van der Waals surface area contributed by atoms with Crippen molar-refractivity contribution in [2.75, 3.05) is 0 Å². The molecule has 2 aromatic rings. The highest BCUT2D eigenvalue weighted by atomic mass is 79.9. The minimum absolute atomic E-state index is 0.0681. The lowest BCUT2D eigenvalue weighted by Crippen LogP contribution is -1.95. The van der Waals surface area contributed by atoms with Gasteiger partial charge in [0.05, 0.1) is 10.2 Å². The van der Waals surface area contributed by atoms with Gasteiger partial charge in [-0.2, -0.15) is 5.10 Å². The van der Waals surface area contributed by atoms with Gasteiger partial charge in [0.1, 0.15) is 11.5 Å². The fraction of sp³-hybridized carbons (Fsp3) is 0.167. The minimum atomic E-state index is -1.13. The molecule has 1 aromatic heterocycles. The molecule has 0 saturated heterocycles. The Kier molecular flexibility index (Phi) is 3.21. The van der Waals surface area contributed by atoms with Crippen LogP contribution < -0.4 is 0 Å². The standard InChI is InChI=1S/C12H10BrFN2O2/c1-5-3-7(13)11(14)10(6(5)2)8-4-9(12(17)18)16-15-8/h3-4H,1-2H3,(H,15,16)(H,17,18). The number of H-pyrrole nitrogens is 1. The predicted molar refractivity (Wildman–Crippen MR) is 68.1 cm³/mol. The van der Waals surface area contributed by atoms with Gasteiger partial charge in [0.2, 0.25) is 0 Å². The van der Waals surface area contributed by atoms with Crippen LogP contribution in [0.3, 0.4) is 0 Å². The first-order chi connectivity index (χ1) is 8.41. The van der Waals surface area contributed by atoms with Gasteiger partial charge in [0.15, 0.2) is 0 Å². The summed E-state index contributed by atoms with van der Waals surface area (Å²) in [5.74, 6) is -1.57. The van der Waals surface area contributed by atoms with E-state index < -0.39 is 11.8 Å². The van der Waals surface area contributed by atoms with Crippen molar-refractivity contribution >= 4 is 21.9 Å². The lowest BCUT2D eigenvalue weighted by molar-refractivity contribution is 0.0690. The maximum Gasteiger partial charge on any atom is 0.353 e. The van der Waals surface area contributed by atoms with E-state index in [9.17, 15) is 9.18 Å². The number of benzene rings is 1. The highest BCUT2D eigenvalue weighted by Gasteiger charge is 2.18. The van der Waals surface area contributed by atoms with E-state index in [1.807, 2.05) is 6.92 Å². The van der Waals surface area contributed by atoms with Gasteiger partial charge >= 0.3 is 5.97 Å². The Labute approximate surface area is 111 Å². The van der Waals surface area contributed by atoms with Crippen LogP contribution in [0, 0.1) is 19.7 Å². The molecule has 2 N–H and O–H groups in total. The van der Waals surface area contributed by atoms with E-state index in [2.05, 4.69) is 26.1 Å². The predicted octanol–water partition coefficient (Wildman–Crippen LogP) is 3.29. The molecule has 0 unspecified atom stereocenters. The molecule has 0 saturated carbocycles. The molecule has 0 amide bonds. The molecular weight excluding hydrogens is 303 g/mol. The fourth-order valence-corrected chi connectivity index (χ4v) is 2.25. The van der Waals surface area contributed by atoms with Gasteiger partial charge in [-0.3, -0.25) is 5.10 Å². The maximum atomic E-state index is 14.1. The normalized spacial score (nSPS) is 10.7. The summed E-state index contributed by atoms with van der Waals surface area (Å²) in [6.45, 7) is 3.63. The number of halogens is 2. The van der Waals surface area contributed by atoms with Crippen LogP contribution in [0.2, 0.25) is 0 Å². The topological polar surface area (TPSA) is 66.0 Å². The van der Waals surface area contributed by atoms with Crippen LogP contribution in [0.4, 0.5) is 4.39 Å². The number of aryl methyl sites for hydroxylation is 1. The number of rotatable bonds is 2. The molecular formula is C12H10BrFN2O2. The zero-order valence-electron chi connectivity index (χ0n) is 9.71. The third kappa shape index (κ3) is 2.03. The molecule has 1 aromatic carbocycles. The van der Waals surface area contributed by atoms with Gasteiger partial charge in [-0.15, -0.1) is 0 Å². The van der Waals surface area contributed by atoms with Crippen molar-refractivity contribution in [1.29, 1.82) is 0 Å².